The third-order valence-electron chi connectivity index (χ3n) is 5.79. The molecule has 0 saturated heterocycles. The number of carbonyl (C=O) groups is 2. The van der Waals surface area contributed by atoms with E-state index in [0.29, 0.717) is 11.1 Å². The SMILES string of the molecule is O=C1c2c(O)cccc2C(C(=O)Cc2cccc3ccccc23)c2cccc(O)c21. The molecule has 4 aromatic rings. The van der Waals surface area contributed by atoms with Gasteiger partial charge >= 0.3 is 0 Å². The van der Waals surface area contributed by atoms with Crippen LogP contribution in [0.3, 0.4) is 0 Å². The van der Waals surface area contributed by atoms with E-state index in [-0.39, 0.29) is 34.8 Å². The van der Waals surface area contributed by atoms with E-state index < -0.39 is 11.7 Å². The van der Waals surface area contributed by atoms with Gasteiger partial charge in [-0.25, -0.2) is 0 Å². The van der Waals surface area contributed by atoms with Crippen LogP contribution in [0.1, 0.15) is 38.5 Å². The molecule has 0 unspecified atom stereocenters. The number of benzene rings is 4. The normalized spacial score (nSPS) is 13.1. The fourth-order valence-electron chi connectivity index (χ4n) is 4.47. The smallest absolute Gasteiger partial charge is 0.201 e. The van der Waals surface area contributed by atoms with Crippen LogP contribution in [0, 0.1) is 0 Å². The van der Waals surface area contributed by atoms with Gasteiger partial charge in [0.15, 0.2) is 0 Å². The van der Waals surface area contributed by atoms with Crippen LogP contribution in [-0.4, -0.2) is 21.8 Å². The molecule has 0 amide bonds. The molecule has 0 atom stereocenters. The van der Waals surface area contributed by atoms with Gasteiger partial charge in [-0.15, -0.1) is 0 Å². The van der Waals surface area contributed by atoms with E-state index in [0.717, 1.165) is 16.3 Å². The molecule has 4 aromatic carbocycles. The first kappa shape index (κ1) is 18.1. The number of aromatic hydroxyl groups is 2. The number of ketones is 2. The molecule has 30 heavy (non-hydrogen) atoms. The topological polar surface area (TPSA) is 74.6 Å². The number of rotatable bonds is 3. The summed E-state index contributed by atoms with van der Waals surface area (Å²) in [6.45, 7) is 0. The Morgan fingerprint density at radius 2 is 1.30 bits per heavy atom. The highest BCUT2D eigenvalue weighted by molar-refractivity contribution is 6.18. The minimum atomic E-state index is -0.745. The number of fused-ring (bicyclic) bond motifs is 3. The number of phenolic OH excluding ortho intramolecular Hbond substituents is 2. The summed E-state index contributed by atoms with van der Waals surface area (Å²) in [7, 11) is 0. The lowest BCUT2D eigenvalue weighted by Crippen LogP contribution is -2.26. The highest BCUT2D eigenvalue weighted by Gasteiger charge is 2.38. The Morgan fingerprint density at radius 1 is 0.733 bits per heavy atom. The number of hydrogen-bond donors (Lipinski definition) is 2. The maximum absolute atomic E-state index is 13.6. The summed E-state index contributed by atoms with van der Waals surface area (Å²) in [6, 6.07) is 23.3. The summed E-state index contributed by atoms with van der Waals surface area (Å²) in [5.41, 5.74) is 2.02. The number of Topliss-reactive ketones (excluding diaryl/α,β-unsaturated/α-hetero) is 1. The third-order valence-corrected chi connectivity index (χ3v) is 5.79. The van der Waals surface area contributed by atoms with Gasteiger partial charge in [0.05, 0.1) is 17.0 Å². The van der Waals surface area contributed by atoms with E-state index in [9.17, 15) is 19.8 Å². The van der Waals surface area contributed by atoms with Crippen molar-refractivity contribution in [3.8, 4) is 11.5 Å². The summed E-state index contributed by atoms with van der Waals surface area (Å²) in [6.07, 6.45) is 0.171. The highest BCUT2D eigenvalue weighted by atomic mass is 16.3. The molecule has 1 aliphatic rings. The van der Waals surface area contributed by atoms with Crippen LogP contribution < -0.4 is 0 Å². The zero-order chi connectivity index (χ0) is 20.8. The van der Waals surface area contributed by atoms with Gasteiger partial charge in [0.1, 0.15) is 17.3 Å². The quantitative estimate of drug-likeness (QED) is 0.526. The average molecular weight is 394 g/mol. The van der Waals surface area contributed by atoms with Crippen molar-refractivity contribution in [2.24, 2.45) is 0 Å². The van der Waals surface area contributed by atoms with E-state index in [1.165, 1.54) is 12.1 Å². The minimum Gasteiger partial charge on any atom is -0.507 e. The molecule has 0 heterocycles. The van der Waals surface area contributed by atoms with Gasteiger partial charge in [0.2, 0.25) is 5.78 Å². The highest BCUT2D eigenvalue weighted by Crippen LogP contribution is 2.43. The lowest BCUT2D eigenvalue weighted by Gasteiger charge is -2.27. The fraction of sp³-hybridized carbons (Fsp3) is 0.0769. The zero-order valence-electron chi connectivity index (χ0n) is 16.0. The largest absolute Gasteiger partial charge is 0.507 e. The Balaban J connectivity index is 1.67. The molecule has 0 aromatic heterocycles. The Kier molecular flexibility index (Phi) is 4.14. The Hall–Kier alpha value is -3.92. The molecule has 0 bridgehead atoms. The van der Waals surface area contributed by atoms with Crippen molar-refractivity contribution in [3.05, 3.63) is 107 Å². The summed E-state index contributed by atoms with van der Waals surface area (Å²) >= 11 is 0. The molecule has 1 aliphatic carbocycles. The number of phenols is 2. The standard InChI is InChI=1S/C26H18O4/c27-20-12-4-10-18-23(19-11-5-13-21(28)25(19)26(30)24(18)20)22(29)14-16-8-3-7-15-6-1-2-9-17(15)16/h1-13,23,27-28H,14H2. The van der Waals surface area contributed by atoms with Crippen LogP contribution in [0.2, 0.25) is 0 Å². The predicted molar refractivity (Wildman–Crippen MR) is 114 cm³/mol. The van der Waals surface area contributed by atoms with Gasteiger partial charge in [-0.1, -0.05) is 66.7 Å². The summed E-state index contributed by atoms with van der Waals surface area (Å²) in [5.74, 6) is -1.68. The molecule has 146 valence electrons. The van der Waals surface area contributed by atoms with Crippen molar-refractivity contribution in [1.82, 2.24) is 0 Å². The summed E-state index contributed by atoms with van der Waals surface area (Å²) < 4.78 is 0. The molecule has 0 spiro atoms. The maximum Gasteiger partial charge on any atom is 0.201 e. The second-order valence-electron chi connectivity index (χ2n) is 7.53. The van der Waals surface area contributed by atoms with Crippen LogP contribution in [-0.2, 0) is 11.2 Å². The third kappa shape index (κ3) is 2.69. The molecule has 4 heteroatoms. The molecule has 0 radical (unpaired) electrons. The second-order valence-corrected chi connectivity index (χ2v) is 7.53. The van der Waals surface area contributed by atoms with E-state index in [2.05, 4.69) is 0 Å². The van der Waals surface area contributed by atoms with Gasteiger partial charge in [-0.3, -0.25) is 9.59 Å². The predicted octanol–water partition coefficient (Wildman–Crippen LogP) is 4.74. The van der Waals surface area contributed by atoms with Gasteiger partial charge in [0, 0.05) is 6.42 Å². The summed E-state index contributed by atoms with van der Waals surface area (Å²) in [5, 5.41) is 22.8. The molecular formula is C26H18O4. The second kappa shape index (κ2) is 6.85. The number of hydrogen-bond acceptors (Lipinski definition) is 4. The lowest BCUT2D eigenvalue weighted by molar-refractivity contribution is -0.119. The van der Waals surface area contributed by atoms with E-state index in [1.54, 1.807) is 24.3 Å². The Bertz CT molecular complexity index is 1280. The molecule has 2 N–H and O–H groups in total. The first-order chi connectivity index (χ1) is 14.6. The molecule has 4 nitrogen and oxygen atoms in total. The fourth-order valence-corrected chi connectivity index (χ4v) is 4.47. The van der Waals surface area contributed by atoms with Gasteiger partial charge in [-0.05, 0) is 39.6 Å². The van der Waals surface area contributed by atoms with Gasteiger partial charge in [0.25, 0.3) is 0 Å². The minimum absolute atomic E-state index is 0.0859. The van der Waals surface area contributed by atoms with Crippen LogP contribution in [0.5, 0.6) is 11.5 Å². The Labute approximate surface area is 173 Å². The molecule has 0 aliphatic heterocycles. The van der Waals surface area contributed by atoms with Gasteiger partial charge in [-0.2, -0.15) is 0 Å². The van der Waals surface area contributed by atoms with Gasteiger partial charge < -0.3 is 10.2 Å². The molecule has 5 rings (SSSR count). The average Bonchev–Trinajstić information content (AvgIpc) is 2.74. The van der Waals surface area contributed by atoms with Crippen molar-refractivity contribution >= 4 is 22.3 Å². The van der Waals surface area contributed by atoms with Crippen molar-refractivity contribution in [2.45, 2.75) is 12.3 Å². The number of carbonyl (C=O) groups excluding carboxylic acids is 2. The van der Waals surface area contributed by atoms with Crippen LogP contribution >= 0.6 is 0 Å². The van der Waals surface area contributed by atoms with E-state index >= 15 is 0 Å². The van der Waals surface area contributed by atoms with Crippen molar-refractivity contribution < 1.29 is 19.8 Å². The lowest BCUT2D eigenvalue weighted by atomic mass is 9.74. The van der Waals surface area contributed by atoms with Crippen molar-refractivity contribution in [3.63, 3.8) is 0 Å². The van der Waals surface area contributed by atoms with E-state index in [4.69, 9.17) is 0 Å². The molecular weight excluding hydrogens is 376 g/mol. The van der Waals surface area contributed by atoms with Crippen LogP contribution in [0.15, 0.2) is 78.9 Å². The first-order valence-corrected chi connectivity index (χ1v) is 9.74. The zero-order valence-corrected chi connectivity index (χ0v) is 16.0. The van der Waals surface area contributed by atoms with Crippen LogP contribution in [0.25, 0.3) is 10.8 Å². The van der Waals surface area contributed by atoms with E-state index in [1.807, 2.05) is 42.5 Å². The Morgan fingerprint density at radius 3 is 1.97 bits per heavy atom. The van der Waals surface area contributed by atoms with Crippen LogP contribution in [0.4, 0.5) is 0 Å². The summed E-state index contributed by atoms with van der Waals surface area (Å²) in [4.78, 5) is 26.6. The van der Waals surface area contributed by atoms with Crippen molar-refractivity contribution in [1.29, 1.82) is 0 Å². The molecule has 0 saturated carbocycles. The monoisotopic (exact) mass is 394 g/mol. The first-order valence-electron chi connectivity index (χ1n) is 9.74. The van der Waals surface area contributed by atoms with Crippen molar-refractivity contribution in [2.75, 3.05) is 0 Å². The maximum atomic E-state index is 13.6. The molecule has 0 fully saturated rings.